The Morgan fingerprint density at radius 1 is 0.440 bits per heavy atom. The molecule has 0 radical (unpaired) electrons. The van der Waals surface area contributed by atoms with E-state index in [0.717, 1.165) is 77.2 Å². The number of para-hydroxylation sites is 3. The lowest BCUT2D eigenvalue weighted by Gasteiger charge is -2.18. The summed E-state index contributed by atoms with van der Waals surface area (Å²) in [6.45, 7) is 15.5. The summed E-state index contributed by atoms with van der Waals surface area (Å²) in [6, 6.07) is 53.3. The number of hydrogen-bond donors (Lipinski definition) is 0. The predicted octanol–water partition coefficient (Wildman–Crippen LogP) is 12.2. The van der Waals surface area contributed by atoms with Gasteiger partial charge in [0.05, 0.1) is 46.5 Å². The molecule has 2 heterocycles. The van der Waals surface area contributed by atoms with E-state index in [9.17, 15) is 5.26 Å². The standard InChI is InChI=1S/C45H25N5/c1-47-31-21-24-44-39(26-31)37-15-7-10-18-43(37)50(44)45-27-32(48-2)20-22-38(45)34-12-4-3-11-33(34)29-19-23-40(30(25-29)28-46)49-41-16-8-5-13-35(41)36-14-6-9-17-42(36)49/h3-27H. The Morgan fingerprint density at radius 2 is 0.960 bits per heavy atom. The van der Waals surface area contributed by atoms with E-state index in [1.54, 1.807) is 0 Å². The number of fused-ring (bicyclic) bond motifs is 6. The Balaban J connectivity index is 1.27. The highest BCUT2D eigenvalue weighted by molar-refractivity contribution is 6.11. The van der Waals surface area contributed by atoms with Crippen LogP contribution in [0, 0.1) is 24.5 Å². The molecule has 9 rings (SSSR count). The van der Waals surface area contributed by atoms with Gasteiger partial charge in [-0.15, -0.1) is 0 Å². The third-order valence-corrected chi connectivity index (χ3v) is 9.60. The largest absolute Gasteiger partial charge is 0.310 e. The SMILES string of the molecule is [C-]#[N+]c1ccc(-c2ccccc2-c2ccc(-n3c4ccccc4c4ccccc43)c(C#N)c2)c(-n2c3ccccc3c3cc([N+]#[C-])ccc32)c1. The molecule has 5 nitrogen and oxygen atoms in total. The van der Waals surface area contributed by atoms with Gasteiger partial charge < -0.3 is 9.13 Å². The molecule has 0 saturated heterocycles. The maximum absolute atomic E-state index is 10.6. The maximum Gasteiger partial charge on any atom is 0.189 e. The Bertz CT molecular complexity index is 2920. The summed E-state index contributed by atoms with van der Waals surface area (Å²) < 4.78 is 4.38. The minimum absolute atomic E-state index is 0.534. The van der Waals surface area contributed by atoms with Gasteiger partial charge in [-0.05, 0) is 70.6 Å². The van der Waals surface area contributed by atoms with Crippen LogP contribution in [0.3, 0.4) is 0 Å². The van der Waals surface area contributed by atoms with E-state index in [0.29, 0.717) is 16.9 Å². The van der Waals surface area contributed by atoms with Crippen LogP contribution in [0.2, 0.25) is 0 Å². The second kappa shape index (κ2) is 11.4. The summed E-state index contributed by atoms with van der Waals surface area (Å²) in [4.78, 5) is 7.49. The average molecular weight is 636 g/mol. The van der Waals surface area contributed by atoms with Crippen molar-refractivity contribution in [1.82, 2.24) is 9.13 Å². The Hall–Kier alpha value is -7.39. The molecule has 230 valence electrons. The van der Waals surface area contributed by atoms with Crippen molar-refractivity contribution in [2.75, 3.05) is 0 Å². The molecule has 2 aromatic heterocycles. The van der Waals surface area contributed by atoms with Crippen LogP contribution in [0.15, 0.2) is 152 Å². The zero-order chi connectivity index (χ0) is 33.8. The van der Waals surface area contributed by atoms with Crippen LogP contribution in [-0.2, 0) is 0 Å². The maximum atomic E-state index is 10.6. The van der Waals surface area contributed by atoms with Crippen LogP contribution in [0.4, 0.5) is 11.4 Å². The number of nitrogens with zero attached hydrogens (tertiary/aromatic N) is 5. The van der Waals surface area contributed by atoms with Gasteiger partial charge >= 0.3 is 0 Å². The van der Waals surface area contributed by atoms with Crippen molar-refractivity contribution in [1.29, 1.82) is 5.26 Å². The highest BCUT2D eigenvalue weighted by atomic mass is 15.0. The molecule has 7 aromatic carbocycles. The molecule has 50 heavy (non-hydrogen) atoms. The van der Waals surface area contributed by atoms with Gasteiger partial charge in [0, 0.05) is 27.4 Å². The van der Waals surface area contributed by atoms with Crippen molar-refractivity contribution >= 4 is 55.0 Å². The fourth-order valence-electron chi connectivity index (χ4n) is 7.43. The van der Waals surface area contributed by atoms with Crippen molar-refractivity contribution in [3.05, 3.63) is 180 Å². The van der Waals surface area contributed by atoms with E-state index in [-0.39, 0.29) is 0 Å². The third-order valence-electron chi connectivity index (χ3n) is 9.60. The van der Waals surface area contributed by atoms with Crippen molar-refractivity contribution in [3.63, 3.8) is 0 Å². The Morgan fingerprint density at radius 3 is 1.60 bits per heavy atom. The normalized spacial score (nSPS) is 11.1. The summed E-state index contributed by atoms with van der Waals surface area (Å²) in [5.41, 5.74) is 11.3. The Kier molecular flexibility index (Phi) is 6.56. The van der Waals surface area contributed by atoms with Crippen LogP contribution in [-0.4, -0.2) is 9.13 Å². The van der Waals surface area contributed by atoms with Crippen LogP contribution in [0.1, 0.15) is 5.56 Å². The quantitative estimate of drug-likeness (QED) is 0.177. The number of nitriles is 1. The van der Waals surface area contributed by atoms with E-state index in [1.807, 2.05) is 91.0 Å². The molecule has 0 aliphatic rings. The first-order valence-electron chi connectivity index (χ1n) is 16.2. The molecule has 0 fully saturated rings. The summed E-state index contributed by atoms with van der Waals surface area (Å²) >= 11 is 0. The van der Waals surface area contributed by atoms with Crippen LogP contribution < -0.4 is 0 Å². The minimum Gasteiger partial charge on any atom is -0.310 e. The van der Waals surface area contributed by atoms with Gasteiger partial charge in [0.2, 0.25) is 0 Å². The molecular formula is C45H25N5. The predicted molar refractivity (Wildman–Crippen MR) is 203 cm³/mol. The van der Waals surface area contributed by atoms with Gasteiger partial charge in [-0.25, -0.2) is 9.69 Å². The molecule has 0 atom stereocenters. The van der Waals surface area contributed by atoms with E-state index in [2.05, 4.69) is 85.6 Å². The van der Waals surface area contributed by atoms with E-state index in [1.165, 1.54) is 0 Å². The summed E-state index contributed by atoms with van der Waals surface area (Å²) in [5, 5.41) is 14.9. The lowest BCUT2D eigenvalue weighted by molar-refractivity contribution is 1.17. The zero-order valence-electron chi connectivity index (χ0n) is 26.7. The number of hydrogen-bond acceptors (Lipinski definition) is 1. The first-order chi connectivity index (χ1) is 24.7. The molecule has 0 spiro atoms. The van der Waals surface area contributed by atoms with Crippen molar-refractivity contribution < 1.29 is 0 Å². The highest BCUT2D eigenvalue weighted by Crippen LogP contribution is 2.42. The monoisotopic (exact) mass is 635 g/mol. The number of benzene rings is 7. The van der Waals surface area contributed by atoms with Crippen molar-refractivity contribution in [3.8, 4) is 39.7 Å². The molecule has 0 amide bonds. The molecule has 5 heteroatoms. The minimum atomic E-state index is 0.534. The molecule has 0 N–H and O–H groups in total. The first kappa shape index (κ1) is 28.8. The van der Waals surface area contributed by atoms with E-state index >= 15 is 0 Å². The number of rotatable bonds is 4. The summed E-state index contributed by atoms with van der Waals surface area (Å²) in [5.74, 6) is 0. The second-order valence-corrected chi connectivity index (χ2v) is 12.2. The molecule has 0 aliphatic carbocycles. The van der Waals surface area contributed by atoms with Gasteiger partial charge in [-0.3, -0.25) is 0 Å². The fourth-order valence-corrected chi connectivity index (χ4v) is 7.43. The van der Waals surface area contributed by atoms with Gasteiger partial charge in [-0.1, -0.05) is 103 Å². The molecule has 0 aliphatic heterocycles. The topological polar surface area (TPSA) is 42.4 Å². The summed E-state index contributed by atoms with van der Waals surface area (Å²) in [7, 11) is 0. The lowest BCUT2D eigenvalue weighted by Crippen LogP contribution is -1.99. The Labute approximate surface area is 288 Å². The lowest BCUT2D eigenvalue weighted by atomic mass is 9.92. The zero-order valence-corrected chi connectivity index (χ0v) is 26.7. The smallest absolute Gasteiger partial charge is 0.189 e. The fraction of sp³-hybridized carbons (Fsp3) is 0. The van der Waals surface area contributed by atoms with Crippen molar-refractivity contribution in [2.24, 2.45) is 0 Å². The van der Waals surface area contributed by atoms with E-state index in [4.69, 9.17) is 13.1 Å². The average Bonchev–Trinajstić information content (AvgIpc) is 3.70. The molecular weight excluding hydrogens is 611 g/mol. The van der Waals surface area contributed by atoms with Crippen molar-refractivity contribution in [2.45, 2.75) is 0 Å². The third kappa shape index (κ3) is 4.31. The van der Waals surface area contributed by atoms with Gasteiger partial charge in [0.1, 0.15) is 6.07 Å². The van der Waals surface area contributed by atoms with Crippen LogP contribution in [0.25, 0.3) is 86.9 Å². The van der Waals surface area contributed by atoms with Gasteiger partial charge in [0.15, 0.2) is 11.4 Å². The molecule has 0 bridgehead atoms. The molecule has 0 unspecified atom stereocenters. The second-order valence-electron chi connectivity index (χ2n) is 12.2. The molecule has 9 aromatic rings. The van der Waals surface area contributed by atoms with Crippen LogP contribution in [0.5, 0.6) is 0 Å². The first-order valence-corrected chi connectivity index (χ1v) is 16.2. The van der Waals surface area contributed by atoms with Crippen LogP contribution >= 0.6 is 0 Å². The van der Waals surface area contributed by atoms with E-state index < -0.39 is 0 Å². The number of aromatic nitrogens is 2. The summed E-state index contributed by atoms with van der Waals surface area (Å²) in [6.07, 6.45) is 0. The highest BCUT2D eigenvalue weighted by Gasteiger charge is 2.20. The molecule has 0 saturated carbocycles. The van der Waals surface area contributed by atoms with Gasteiger partial charge in [-0.2, -0.15) is 5.26 Å². The van der Waals surface area contributed by atoms with Gasteiger partial charge in [0.25, 0.3) is 0 Å².